The summed E-state index contributed by atoms with van der Waals surface area (Å²) in [6.45, 7) is 4.69. The minimum Gasteiger partial charge on any atom is -0.483 e. The first-order valence-corrected chi connectivity index (χ1v) is 10.6. The summed E-state index contributed by atoms with van der Waals surface area (Å²) < 4.78 is 24.8. The van der Waals surface area contributed by atoms with Crippen LogP contribution in [0.3, 0.4) is 0 Å². The average molecular weight is 436 g/mol. The van der Waals surface area contributed by atoms with Crippen molar-refractivity contribution in [1.29, 1.82) is 0 Å². The Labute approximate surface area is 186 Å². The van der Waals surface area contributed by atoms with Crippen molar-refractivity contribution in [1.82, 2.24) is 5.32 Å². The molecular weight excluding hydrogens is 411 g/mol. The van der Waals surface area contributed by atoms with Crippen molar-refractivity contribution in [2.45, 2.75) is 32.3 Å². The lowest BCUT2D eigenvalue weighted by molar-refractivity contribution is -0.126. The van der Waals surface area contributed by atoms with Crippen LogP contribution >= 0.6 is 0 Å². The monoisotopic (exact) mass is 436 g/mol. The molecule has 2 aromatic carbocycles. The van der Waals surface area contributed by atoms with E-state index in [0.717, 1.165) is 17.7 Å². The lowest BCUT2D eigenvalue weighted by Gasteiger charge is -2.17. The second kappa shape index (κ2) is 8.91. The third-order valence-electron chi connectivity index (χ3n) is 5.46. The first-order chi connectivity index (χ1) is 15.3. The van der Waals surface area contributed by atoms with Gasteiger partial charge >= 0.3 is 0 Å². The Morgan fingerprint density at radius 1 is 1.25 bits per heavy atom. The molecule has 1 N–H and O–H groups in total. The van der Waals surface area contributed by atoms with Crippen LogP contribution in [0.15, 0.2) is 42.5 Å². The molecule has 1 atom stereocenters. The van der Waals surface area contributed by atoms with Gasteiger partial charge in [0.2, 0.25) is 11.8 Å². The highest BCUT2D eigenvalue weighted by molar-refractivity contribution is 6.00. The Kier molecular flexibility index (Phi) is 6.04. The lowest BCUT2D eigenvalue weighted by Crippen LogP contribution is -2.33. The predicted molar refractivity (Wildman–Crippen MR) is 118 cm³/mol. The van der Waals surface area contributed by atoms with E-state index in [-0.39, 0.29) is 49.3 Å². The summed E-state index contributed by atoms with van der Waals surface area (Å²) in [5.41, 5.74) is 1.46. The SMILES string of the molecule is CC1(C)Cc2cccc(OCC#CCNC(=O)C3CC(=O)N(c4ccc(F)cc4)C3)c2O1. The standard InChI is InChI=1S/C25H25FN2O4/c1-25(2)15-17-6-5-7-21(23(17)32-25)31-13-4-3-12-27-24(30)18-14-22(29)28(16-18)20-10-8-19(26)9-11-20/h5-11,18H,12-16H2,1-2H3,(H,27,30). The number of para-hydroxylation sites is 1. The summed E-state index contributed by atoms with van der Waals surface area (Å²) in [4.78, 5) is 26.1. The van der Waals surface area contributed by atoms with E-state index in [1.807, 2.05) is 32.0 Å². The van der Waals surface area contributed by atoms with Crippen molar-refractivity contribution in [2.24, 2.45) is 5.92 Å². The quantitative estimate of drug-likeness (QED) is 0.732. The Bertz CT molecular complexity index is 1090. The minimum absolute atomic E-state index is 0.120. The first-order valence-electron chi connectivity index (χ1n) is 10.6. The number of nitrogens with one attached hydrogen (secondary N) is 1. The van der Waals surface area contributed by atoms with Gasteiger partial charge in [0.25, 0.3) is 0 Å². The van der Waals surface area contributed by atoms with Crippen LogP contribution in [0.5, 0.6) is 11.5 Å². The molecular formula is C25H25FN2O4. The molecule has 2 amide bonds. The molecule has 2 aromatic rings. The number of ether oxygens (including phenoxy) is 2. The molecule has 1 unspecified atom stereocenters. The van der Waals surface area contributed by atoms with E-state index >= 15 is 0 Å². The van der Waals surface area contributed by atoms with Crippen LogP contribution < -0.4 is 19.7 Å². The Hall–Kier alpha value is -3.53. The number of fused-ring (bicyclic) bond motifs is 1. The predicted octanol–water partition coefficient (Wildman–Crippen LogP) is 3.09. The molecule has 4 rings (SSSR count). The van der Waals surface area contributed by atoms with Crippen molar-refractivity contribution in [3.8, 4) is 23.3 Å². The number of hydrogen-bond donors (Lipinski definition) is 1. The van der Waals surface area contributed by atoms with Crippen LogP contribution in [0, 0.1) is 23.6 Å². The molecule has 166 valence electrons. The molecule has 0 aliphatic carbocycles. The fraction of sp³-hybridized carbons (Fsp3) is 0.360. The molecule has 2 heterocycles. The zero-order valence-corrected chi connectivity index (χ0v) is 18.1. The molecule has 1 saturated heterocycles. The number of benzene rings is 2. The zero-order valence-electron chi connectivity index (χ0n) is 18.1. The number of halogens is 1. The van der Waals surface area contributed by atoms with Gasteiger partial charge in [0.05, 0.1) is 12.5 Å². The van der Waals surface area contributed by atoms with Crippen molar-refractivity contribution in [3.63, 3.8) is 0 Å². The molecule has 2 aliphatic rings. The molecule has 1 fully saturated rings. The van der Waals surface area contributed by atoms with E-state index in [1.165, 1.54) is 29.2 Å². The number of anilines is 1. The fourth-order valence-electron chi connectivity index (χ4n) is 3.96. The van der Waals surface area contributed by atoms with E-state index < -0.39 is 5.92 Å². The third-order valence-corrected chi connectivity index (χ3v) is 5.46. The second-order valence-electron chi connectivity index (χ2n) is 8.52. The van der Waals surface area contributed by atoms with Crippen molar-refractivity contribution in [2.75, 3.05) is 24.6 Å². The van der Waals surface area contributed by atoms with Gasteiger partial charge in [-0.1, -0.05) is 24.0 Å². The first kappa shape index (κ1) is 21.7. The van der Waals surface area contributed by atoms with Crippen molar-refractivity contribution in [3.05, 3.63) is 53.8 Å². The topological polar surface area (TPSA) is 67.9 Å². The van der Waals surface area contributed by atoms with Crippen LogP contribution in [0.2, 0.25) is 0 Å². The highest BCUT2D eigenvalue weighted by atomic mass is 19.1. The molecule has 0 radical (unpaired) electrons. The summed E-state index contributed by atoms with van der Waals surface area (Å²) >= 11 is 0. The van der Waals surface area contributed by atoms with Gasteiger partial charge in [-0.15, -0.1) is 0 Å². The highest BCUT2D eigenvalue weighted by Crippen LogP contribution is 2.41. The van der Waals surface area contributed by atoms with E-state index in [0.29, 0.717) is 11.4 Å². The van der Waals surface area contributed by atoms with Crippen LogP contribution in [0.25, 0.3) is 0 Å². The highest BCUT2D eigenvalue weighted by Gasteiger charge is 2.35. The molecule has 0 bridgehead atoms. The number of carbonyl (C=O) groups is 2. The number of amides is 2. The third kappa shape index (κ3) is 4.86. The smallest absolute Gasteiger partial charge is 0.227 e. The Balaban J connectivity index is 1.23. The molecule has 0 saturated carbocycles. The molecule has 0 spiro atoms. The van der Waals surface area contributed by atoms with Gasteiger partial charge in [-0.05, 0) is 44.2 Å². The summed E-state index contributed by atoms with van der Waals surface area (Å²) in [6, 6.07) is 11.5. The van der Waals surface area contributed by atoms with Gasteiger partial charge in [-0.3, -0.25) is 9.59 Å². The average Bonchev–Trinajstić information content (AvgIpc) is 3.29. The number of rotatable bonds is 5. The van der Waals surface area contributed by atoms with Gasteiger partial charge in [0.15, 0.2) is 11.5 Å². The summed E-state index contributed by atoms with van der Waals surface area (Å²) in [7, 11) is 0. The van der Waals surface area contributed by atoms with E-state index in [4.69, 9.17) is 9.47 Å². The molecule has 7 heteroatoms. The van der Waals surface area contributed by atoms with Gasteiger partial charge in [-0.2, -0.15) is 0 Å². The largest absolute Gasteiger partial charge is 0.483 e. The molecule has 32 heavy (non-hydrogen) atoms. The van der Waals surface area contributed by atoms with Crippen LogP contribution in [-0.2, 0) is 16.0 Å². The van der Waals surface area contributed by atoms with Gasteiger partial charge in [0.1, 0.15) is 18.0 Å². The number of nitrogens with zero attached hydrogens (tertiary/aromatic N) is 1. The maximum Gasteiger partial charge on any atom is 0.227 e. The molecule has 2 aliphatic heterocycles. The van der Waals surface area contributed by atoms with E-state index in [2.05, 4.69) is 17.2 Å². The fourth-order valence-corrected chi connectivity index (χ4v) is 3.96. The summed E-state index contributed by atoms with van der Waals surface area (Å²) in [5.74, 6) is 5.97. The van der Waals surface area contributed by atoms with Crippen LogP contribution in [-0.4, -0.2) is 37.1 Å². The van der Waals surface area contributed by atoms with Crippen molar-refractivity contribution >= 4 is 17.5 Å². The number of carbonyl (C=O) groups excluding carboxylic acids is 2. The van der Waals surface area contributed by atoms with E-state index in [1.54, 1.807) is 0 Å². The maximum absolute atomic E-state index is 13.1. The second-order valence-corrected chi connectivity index (χ2v) is 8.52. The van der Waals surface area contributed by atoms with Gasteiger partial charge < -0.3 is 19.7 Å². The maximum atomic E-state index is 13.1. The normalized spacial score (nSPS) is 18.4. The summed E-state index contributed by atoms with van der Waals surface area (Å²) in [6.07, 6.45) is 0.953. The molecule has 6 nitrogen and oxygen atoms in total. The Morgan fingerprint density at radius 2 is 2.03 bits per heavy atom. The van der Waals surface area contributed by atoms with Crippen LogP contribution in [0.4, 0.5) is 10.1 Å². The van der Waals surface area contributed by atoms with Gasteiger partial charge in [-0.25, -0.2) is 4.39 Å². The Morgan fingerprint density at radius 3 is 2.81 bits per heavy atom. The summed E-state index contributed by atoms with van der Waals surface area (Å²) in [5, 5.41) is 2.75. The molecule has 0 aromatic heterocycles. The lowest BCUT2D eigenvalue weighted by atomic mass is 10.0. The van der Waals surface area contributed by atoms with Crippen LogP contribution in [0.1, 0.15) is 25.8 Å². The van der Waals surface area contributed by atoms with Gasteiger partial charge in [0, 0.05) is 30.6 Å². The number of hydrogen-bond acceptors (Lipinski definition) is 4. The minimum atomic E-state index is -0.460. The van der Waals surface area contributed by atoms with E-state index in [9.17, 15) is 14.0 Å². The zero-order chi connectivity index (χ0) is 22.7. The van der Waals surface area contributed by atoms with Crippen molar-refractivity contribution < 1.29 is 23.5 Å².